The highest BCUT2D eigenvalue weighted by Gasteiger charge is 2.35. The fourth-order valence-corrected chi connectivity index (χ4v) is 7.09. The molecule has 6 nitrogen and oxygen atoms in total. The second kappa shape index (κ2) is 7.01. The van der Waals surface area contributed by atoms with Crippen LogP contribution in [0.1, 0.15) is 5.69 Å². The third-order valence-corrected chi connectivity index (χ3v) is 9.18. The van der Waals surface area contributed by atoms with Gasteiger partial charge in [0.2, 0.25) is 0 Å². The van der Waals surface area contributed by atoms with E-state index in [4.69, 9.17) is 0 Å². The van der Waals surface area contributed by atoms with Crippen LogP contribution in [0, 0.1) is 0 Å². The van der Waals surface area contributed by atoms with Crippen molar-refractivity contribution in [1.82, 2.24) is 9.78 Å². The zero-order valence-electron chi connectivity index (χ0n) is 14.5. The van der Waals surface area contributed by atoms with Crippen molar-refractivity contribution in [3.05, 3.63) is 54.2 Å². The van der Waals surface area contributed by atoms with Gasteiger partial charge in [0.15, 0.2) is 0 Å². The fraction of sp³-hybridized carbons (Fsp3) is 0.188. The van der Waals surface area contributed by atoms with Gasteiger partial charge in [-0.05, 0) is 30.3 Å². The summed E-state index contributed by atoms with van der Waals surface area (Å²) >= 11 is 0.711. The molecular weight excluding hydrogens is 435 g/mol. The molecule has 1 atom stereocenters. The first-order chi connectivity index (χ1) is 12.9. The number of hydrogen-bond acceptors (Lipinski definition) is 5. The van der Waals surface area contributed by atoms with E-state index in [2.05, 4.69) is 8.87 Å². The third-order valence-electron chi connectivity index (χ3n) is 3.68. The van der Waals surface area contributed by atoms with Gasteiger partial charge in [-0.3, -0.25) is 4.68 Å². The van der Waals surface area contributed by atoms with Gasteiger partial charge in [-0.1, -0.05) is 18.2 Å². The number of sulfonamides is 1. The van der Waals surface area contributed by atoms with Gasteiger partial charge in [0, 0.05) is 18.2 Å². The smallest absolute Gasteiger partial charge is 0.263 e. The molecule has 2 heterocycles. The van der Waals surface area contributed by atoms with Gasteiger partial charge in [-0.25, -0.2) is 4.21 Å². The van der Waals surface area contributed by atoms with E-state index in [-0.39, 0.29) is 19.7 Å². The topological polar surface area (TPSA) is 81.4 Å². The van der Waals surface area contributed by atoms with E-state index in [0.29, 0.717) is 16.0 Å². The molecule has 0 aliphatic rings. The first kappa shape index (κ1) is 20.6. The number of thiophene rings is 1. The number of hydrogen-bond donors (Lipinski definition) is 0. The van der Waals surface area contributed by atoms with Crippen LogP contribution in [0.25, 0.3) is 10.6 Å². The van der Waals surface area contributed by atoms with E-state index in [1.165, 1.54) is 30.5 Å². The molecule has 28 heavy (non-hydrogen) atoms. The monoisotopic (exact) mass is 449 g/mol. The summed E-state index contributed by atoms with van der Waals surface area (Å²) in [6, 6.07) is 11.3. The zero-order valence-corrected chi connectivity index (χ0v) is 17.0. The Hall–Kier alpha value is -2.18. The van der Waals surface area contributed by atoms with Gasteiger partial charge in [0.25, 0.3) is 10.0 Å². The number of aryl methyl sites for hydroxylation is 1. The fourth-order valence-electron chi connectivity index (χ4n) is 2.39. The number of nitrogens with zero attached hydrogens (tertiary/aromatic N) is 3. The first-order valence-electron chi connectivity index (χ1n) is 7.65. The van der Waals surface area contributed by atoms with Crippen molar-refractivity contribution >= 4 is 31.1 Å². The minimum Gasteiger partial charge on any atom is -0.263 e. The summed E-state index contributed by atoms with van der Waals surface area (Å²) in [5, 5.41) is 3.79. The van der Waals surface area contributed by atoms with E-state index in [9.17, 15) is 25.8 Å². The Morgan fingerprint density at radius 2 is 1.71 bits per heavy atom. The maximum absolute atomic E-state index is 12.9. The molecule has 0 radical (unpaired) electrons. The molecule has 0 saturated carbocycles. The molecule has 150 valence electrons. The van der Waals surface area contributed by atoms with Crippen LogP contribution in [0.15, 0.2) is 61.4 Å². The quantitative estimate of drug-likeness (QED) is 0.603. The molecule has 3 aromatic rings. The summed E-state index contributed by atoms with van der Waals surface area (Å²) < 4.78 is 80.6. The number of halogens is 3. The molecule has 0 aliphatic heterocycles. The van der Waals surface area contributed by atoms with Crippen molar-refractivity contribution in [3.8, 4) is 10.6 Å². The molecule has 0 spiro atoms. The summed E-state index contributed by atoms with van der Waals surface area (Å²) in [5.41, 5.74) is -0.966. The molecule has 0 bridgehead atoms. The van der Waals surface area contributed by atoms with Crippen molar-refractivity contribution in [2.24, 2.45) is 10.8 Å². The molecule has 1 aromatic carbocycles. The van der Waals surface area contributed by atoms with Crippen molar-refractivity contribution in [3.63, 3.8) is 0 Å². The zero-order chi connectivity index (χ0) is 20.7. The predicted octanol–water partition coefficient (Wildman–Crippen LogP) is 4.01. The van der Waals surface area contributed by atoms with Crippen LogP contribution in [-0.2, 0) is 33.0 Å². The minimum atomic E-state index is -4.58. The molecule has 0 saturated heterocycles. The Labute approximate surface area is 163 Å². The highest BCUT2D eigenvalue weighted by molar-refractivity contribution is 8.03. The van der Waals surface area contributed by atoms with Crippen molar-refractivity contribution in [2.75, 3.05) is 6.26 Å². The molecule has 0 N–H and O–H groups in total. The van der Waals surface area contributed by atoms with E-state index >= 15 is 0 Å². The van der Waals surface area contributed by atoms with Gasteiger partial charge in [-0.15, -0.1) is 15.1 Å². The van der Waals surface area contributed by atoms with Crippen molar-refractivity contribution < 1.29 is 25.8 Å². The summed E-state index contributed by atoms with van der Waals surface area (Å²) in [7, 11) is -6.34. The molecule has 0 amide bonds. The normalized spacial score (nSPS) is 14.6. The van der Waals surface area contributed by atoms with Crippen LogP contribution in [0.3, 0.4) is 0 Å². The molecule has 12 heteroatoms. The average Bonchev–Trinajstić information content (AvgIpc) is 3.21. The van der Waals surface area contributed by atoms with Crippen LogP contribution in [0.4, 0.5) is 13.2 Å². The summed E-state index contributed by atoms with van der Waals surface area (Å²) in [5.74, 6) is 0. The Balaban J connectivity index is 2.00. The summed E-state index contributed by atoms with van der Waals surface area (Å²) in [4.78, 5) is 0.483. The predicted molar refractivity (Wildman–Crippen MR) is 99.9 cm³/mol. The van der Waals surface area contributed by atoms with E-state index in [1.807, 2.05) is 0 Å². The lowest BCUT2D eigenvalue weighted by Crippen LogP contribution is -2.11. The molecule has 3 rings (SSSR count). The van der Waals surface area contributed by atoms with Crippen LogP contribution in [0.2, 0.25) is 0 Å². The van der Waals surface area contributed by atoms with Gasteiger partial charge in [0.1, 0.15) is 15.6 Å². The Kier molecular flexibility index (Phi) is 5.15. The molecule has 2 aromatic heterocycles. The number of rotatable bonds is 4. The van der Waals surface area contributed by atoms with Crippen molar-refractivity contribution in [1.29, 1.82) is 0 Å². The maximum atomic E-state index is 12.9. The molecule has 0 unspecified atom stereocenters. The lowest BCUT2D eigenvalue weighted by molar-refractivity contribution is -0.143. The third kappa shape index (κ3) is 4.13. The average molecular weight is 450 g/mol. The largest absolute Gasteiger partial charge is 0.433 e. The van der Waals surface area contributed by atoms with Gasteiger partial charge in [-0.2, -0.15) is 26.7 Å². The Morgan fingerprint density at radius 1 is 1.07 bits per heavy atom. The lowest BCUT2D eigenvalue weighted by Gasteiger charge is -2.04. The van der Waals surface area contributed by atoms with Crippen molar-refractivity contribution in [2.45, 2.75) is 15.3 Å². The van der Waals surface area contributed by atoms with E-state index < -0.39 is 31.6 Å². The van der Waals surface area contributed by atoms with Gasteiger partial charge < -0.3 is 0 Å². The van der Waals surface area contributed by atoms with Gasteiger partial charge in [0.05, 0.1) is 14.6 Å². The standard InChI is InChI=1S/C16H14F3N3O3S3/c1-22-14(16(17,18)19)10-12(20-22)13-8-9-15(26-13)28(24,25)21-27(2,23)11-6-4-3-5-7-11/h3-10H,1-2H3/t27-/m0/s1. The number of alkyl halides is 3. The van der Waals surface area contributed by atoms with Crippen LogP contribution >= 0.6 is 11.3 Å². The highest BCUT2D eigenvalue weighted by atomic mass is 32.3. The van der Waals surface area contributed by atoms with E-state index in [0.717, 1.165) is 13.1 Å². The van der Waals surface area contributed by atoms with Gasteiger partial charge >= 0.3 is 6.18 Å². The molecule has 0 fully saturated rings. The minimum absolute atomic E-state index is 0.0124. The summed E-state index contributed by atoms with van der Waals surface area (Å²) in [6.07, 6.45) is -3.37. The SMILES string of the molecule is Cn1nc(-c2ccc(S(=O)(=O)N=[S@@](C)(=O)c3ccccc3)s2)cc1C(F)(F)F. The maximum Gasteiger partial charge on any atom is 0.433 e. The first-order valence-corrected chi connectivity index (χ1v) is 11.8. The second-order valence-corrected chi connectivity index (χ2v) is 11.2. The van der Waals surface area contributed by atoms with Crippen LogP contribution in [-0.4, -0.2) is 28.7 Å². The van der Waals surface area contributed by atoms with Crippen LogP contribution in [0.5, 0.6) is 0 Å². The second-order valence-electron chi connectivity index (χ2n) is 5.82. The number of aromatic nitrogens is 2. The Morgan fingerprint density at radius 3 is 2.29 bits per heavy atom. The lowest BCUT2D eigenvalue weighted by atomic mass is 10.3. The molecular formula is C16H14F3N3O3S3. The van der Waals surface area contributed by atoms with E-state index in [1.54, 1.807) is 18.2 Å². The Bertz CT molecular complexity index is 1240. The summed E-state index contributed by atoms with van der Waals surface area (Å²) in [6.45, 7) is 0. The van der Waals surface area contributed by atoms with Crippen LogP contribution < -0.4 is 0 Å². The highest BCUT2D eigenvalue weighted by Crippen LogP contribution is 2.35. The number of benzene rings is 1. The molecule has 0 aliphatic carbocycles.